The van der Waals surface area contributed by atoms with E-state index >= 15 is 0 Å². The molecule has 0 saturated carbocycles. The van der Waals surface area contributed by atoms with Crippen LogP contribution in [0, 0.1) is 11.8 Å². The molecule has 2 aliphatic rings. The Bertz CT molecular complexity index is 861. The number of thiophene rings is 1. The number of carboxylic acids is 1. The number of hydrogen-bond acceptors (Lipinski definition) is 6. The zero-order valence-corrected chi connectivity index (χ0v) is 15.0. The summed E-state index contributed by atoms with van der Waals surface area (Å²) in [4.78, 5) is 36.7. The SMILES string of the molecule is O=C(NCc1ccco1)c1ccsc1NC(=O)C1C2CCC(O2)C1C(=O)O. The molecule has 2 fully saturated rings. The minimum atomic E-state index is -1.02. The number of carbonyl (C=O) groups excluding carboxylic acids is 2. The average Bonchev–Trinajstić information content (AvgIpc) is 3.42. The molecule has 2 aromatic heterocycles. The number of aliphatic carboxylic acids is 1. The first-order chi connectivity index (χ1) is 13.0. The molecule has 9 heteroatoms. The van der Waals surface area contributed by atoms with Gasteiger partial charge in [-0.1, -0.05) is 0 Å². The van der Waals surface area contributed by atoms with Crippen molar-refractivity contribution in [2.45, 2.75) is 31.6 Å². The molecule has 3 N–H and O–H groups in total. The summed E-state index contributed by atoms with van der Waals surface area (Å²) >= 11 is 1.21. The highest BCUT2D eigenvalue weighted by Gasteiger charge is 2.55. The Labute approximate surface area is 158 Å². The van der Waals surface area contributed by atoms with E-state index in [1.807, 2.05) is 0 Å². The second kappa shape index (κ2) is 7.16. The van der Waals surface area contributed by atoms with Crippen LogP contribution < -0.4 is 10.6 Å². The number of carbonyl (C=O) groups is 3. The quantitative estimate of drug-likeness (QED) is 0.695. The standard InChI is InChI=1S/C18H18N2O6S/c21-15(19-8-9-2-1-6-25-9)10-5-7-27-17(10)20-16(22)13-11-3-4-12(26-11)14(13)18(23)24/h1-2,5-7,11-14H,3-4,8H2,(H,19,21)(H,20,22)(H,23,24). The van der Waals surface area contributed by atoms with Gasteiger partial charge in [-0.2, -0.15) is 0 Å². The van der Waals surface area contributed by atoms with Crippen molar-refractivity contribution in [2.24, 2.45) is 11.8 Å². The summed E-state index contributed by atoms with van der Waals surface area (Å²) < 4.78 is 10.8. The van der Waals surface area contributed by atoms with E-state index in [2.05, 4.69) is 10.6 Å². The van der Waals surface area contributed by atoms with Crippen LogP contribution in [0.3, 0.4) is 0 Å². The van der Waals surface area contributed by atoms with E-state index in [0.717, 1.165) is 0 Å². The Morgan fingerprint density at radius 2 is 1.96 bits per heavy atom. The number of rotatable bonds is 6. The Balaban J connectivity index is 1.44. The molecule has 27 heavy (non-hydrogen) atoms. The van der Waals surface area contributed by atoms with Crippen LogP contribution in [0.15, 0.2) is 34.3 Å². The van der Waals surface area contributed by atoms with Crippen LogP contribution in [-0.2, 0) is 20.9 Å². The second-order valence-electron chi connectivity index (χ2n) is 6.59. The molecular weight excluding hydrogens is 372 g/mol. The van der Waals surface area contributed by atoms with Crippen molar-refractivity contribution in [3.63, 3.8) is 0 Å². The molecule has 0 spiro atoms. The summed E-state index contributed by atoms with van der Waals surface area (Å²) in [6, 6.07) is 5.09. The molecule has 2 saturated heterocycles. The van der Waals surface area contributed by atoms with Gasteiger partial charge in [0.15, 0.2) is 0 Å². The summed E-state index contributed by atoms with van der Waals surface area (Å²) in [5.74, 6) is -2.76. The van der Waals surface area contributed by atoms with E-state index in [-0.39, 0.29) is 18.6 Å². The lowest BCUT2D eigenvalue weighted by Gasteiger charge is -2.23. The molecule has 142 valence electrons. The number of hydrogen-bond donors (Lipinski definition) is 3. The maximum absolute atomic E-state index is 12.7. The summed E-state index contributed by atoms with van der Waals surface area (Å²) in [5.41, 5.74) is 0.329. The molecule has 2 aromatic rings. The zero-order chi connectivity index (χ0) is 19.0. The number of ether oxygens (including phenoxy) is 1. The van der Waals surface area contributed by atoms with Crippen molar-refractivity contribution in [1.29, 1.82) is 0 Å². The molecule has 0 aliphatic carbocycles. The van der Waals surface area contributed by atoms with Crippen molar-refractivity contribution in [2.75, 3.05) is 5.32 Å². The van der Waals surface area contributed by atoms with Crippen molar-refractivity contribution < 1.29 is 28.6 Å². The third-order valence-electron chi connectivity index (χ3n) is 5.01. The lowest BCUT2D eigenvalue weighted by atomic mass is 9.79. The van der Waals surface area contributed by atoms with E-state index < -0.39 is 29.8 Å². The molecule has 2 bridgehead atoms. The van der Waals surface area contributed by atoms with Gasteiger partial charge in [0.1, 0.15) is 10.8 Å². The molecule has 2 aliphatic heterocycles. The first kappa shape index (κ1) is 17.7. The Hall–Kier alpha value is -2.65. The second-order valence-corrected chi connectivity index (χ2v) is 7.51. The van der Waals surface area contributed by atoms with Crippen molar-refractivity contribution >= 4 is 34.1 Å². The third-order valence-corrected chi connectivity index (χ3v) is 5.84. The van der Waals surface area contributed by atoms with Gasteiger partial charge in [0, 0.05) is 0 Å². The monoisotopic (exact) mass is 390 g/mol. The molecule has 8 nitrogen and oxygen atoms in total. The fraction of sp³-hybridized carbons (Fsp3) is 0.389. The topological polar surface area (TPSA) is 118 Å². The molecule has 4 unspecified atom stereocenters. The maximum atomic E-state index is 12.7. The number of nitrogens with one attached hydrogen (secondary N) is 2. The summed E-state index contributed by atoms with van der Waals surface area (Å²) in [6.45, 7) is 0.233. The largest absolute Gasteiger partial charge is 0.481 e. The zero-order valence-electron chi connectivity index (χ0n) is 14.2. The van der Waals surface area contributed by atoms with Gasteiger partial charge < -0.3 is 24.9 Å². The van der Waals surface area contributed by atoms with E-state index in [1.165, 1.54) is 17.6 Å². The van der Waals surface area contributed by atoms with Crippen LogP contribution in [0.5, 0.6) is 0 Å². The predicted molar refractivity (Wildman–Crippen MR) is 95.3 cm³/mol. The highest BCUT2D eigenvalue weighted by atomic mass is 32.1. The van der Waals surface area contributed by atoms with Crippen molar-refractivity contribution in [1.82, 2.24) is 5.32 Å². The summed E-state index contributed by atoms with van der Waals surface area (Å²) in [7, 11) is 0. The molecule has 0 aromatic carbocycles. The van der Waals surface area contributed by atoms with E-state index in [9.17, 15) is 19.5 Å². The van der Waals surface area contributed by atoms with Gasteiger partial charge in [-0.3, -0.25) is 14.4 Å². The number of anilines is 1. The minimum Gasteiger partial charge on any atom is -0.481 e. The Morgan fingerprint density at radius 1 is 1.19 bits per heavy atom. The number of fused-ring (bicyclic) bond motifs is 2. The van der Waals surface area contributed by atoms with Crippen LogP contribution in [-0.4, -0.2) is 35.1 Å². The van der Waals surface area contributed by atoms with Gasteiger partial charge in [-0.25, -0.2) is 0 Å². The lowest BCUT2D eigenvalue weighted by Crippen LogP contribution is -2.41. The van der Waals surface area contributed by atoms with Gasteiger partial charge in [0.25, 0.3) is 5.91 Å². The van der Waals surface area contributed by atoms with Gasteiger partial charge >= 0.3 is 5.97 Å². The van der Waals surface area contributed by atoms with Crippen LogP contribution in [0.1, 0.15) is 29.0 Å². The Kier molecular flexibility index (Phi) is 4.71. The normalized spacial score (nSPS) is 26.1. The molecular formula is C18H18N2O6S. The van der Waals surface area contributed by atoms with Gasteiger partial charge in [0.2, 0.25) is 5.91 Å². The van der Waals surface area contributed by atoms with Gasteiger partial charge in [0.05, 0.1) is 42.4 Å². The van der Waals surface area contributed by atoms with Crippen LogP contribution in [0.2, 0.25) is 0 Å². The molecule has 0 radical (unpaired) electrons. The fourth-order valence-corrected chi connectivity index (χ4v) is 4.57. The lowest BCUT2D eigenvalue weighted by molar-refractivity contribution is -0.147. The van der Waals surface area contributed by atoms with E-state index in [4.69, 9.17) is 9.15 Å². The van der Waals surface area contributed by atoms with E-state index in [0.29, 0.717) is 29.2 Å². The van der Waals surface area contributed by atoms with Gasteiger partial charge in [-0.15, -0.1) is 11.3 Å². The van der Waals surface area contributed by atoms with Crippen LogP contribution in [0.25, 0.3) is 0 Å². The van der Waals surface area contributed by atoms with Crippen molar-refractivity contribution in [3.8, 4) is 0 Å². The number of amides is 2. The van der Waals surface area contributed by atoms with Gasteiger partial charge in [-0.05, 0) is 36.4 Å². The van der Waals surface area contributed by atoms with Crippen molar-refractivity contribution in [3.05, 3.63) is 41.2 Å². The fourth-order valence-electron chi connectivity index (χ4n) is 3.78. The first-order valence-electron chi connectivity index (χ1n) is 8.62. The van der Waals surface area contributed by atoms with Crippen LogP contribution in [0.4, 0.5) is 5.00 Å². The van der Waals surface area contributed by atoms with Crippen LogP contribution >= 0.6 is 11.3 Å². The number of carboxylic acid groups (broad SMARTS) is 1. The van der Waals surface area contributed by atoms with E-state index in [1.54, 1.807) is 23.6 Å². The minimum absolute atomic E-state index is 0.233. The molecule has 2 amide bonds. The average molecular weight is 390 g/mol. The smallest absolute Gasteiger partial charge is 0.310 e. The number of furan rings is 1. The highest BCUT2D eigenvalue weighted by molar-refractivity contribution is 7.14. The summed E-state index contributed by atoms with van der Waals surface area (Å²) in [6.07, 6.45) is 2.06. The Morgan fingerprint density at radius 3 is 2.67 bits per heavy atom. The maximum Gasteiger partial charge on any atom is 0.310 e. The molecule has 4 atom stereocenters. The molecule has 4 heterocycles. The first-order valence-corrected chi connectivity index (χ1v) is 9.49. The molecule has 4 rings (SSSR count). The predicted octanol–water partition coefficient (Wildman–Crippen LogP) is 2.09. The highest BCUT2D eigenvalue weighted by Crippen LogP contribution is 2.44. The third kappa shape index (κ3) is 3.35. The summed E-state index contributed by atoms with van der Waals surface area (Å²) in [5, 5.41) is 17.0.